The van der Waals surface area contributed by atoms with E-state index in [1.165, 1.54) is 11.3 Å². The maximum Gasteiger partial charge on any atom is 0.249 e. The van der Waals surface area contributed by atoms with Gasteiger partial charge in [0.2, 0.25) is 5.91 Å². The molecule has 1 aliphatic heterocycles. The molecule has 0 saturated carbocycles. The largest absolute Gasteiger partial charge is 0.324 e. The maximum atomic E-state index is 12.8. The number of carbonyl (C=O) groups is 1. The Balaban J connectivity index is 1.82. The minimum absolute atomic E-state index is 0.123. The summed E-state index contributed by atoms with van der Waals surface area (Å²) in [6.45, 7) is 2.05. The number of halogens is 1. The molecule has 130 valence electrons. The zero-order valence-electron chi connectivity index (χ0n) is 14.1. The van der Waals surface area contributed by atoms with Crippen LogP contribution in [0.3, 0.4) is 0 Å². The van der Waals surface area contributed by atoms with Crippen molar-refractivity contribution in [2.75, 3.05) is 5.32 Å². The van der Waals surface area contributed by atoms with Gasteiger partial charge in [-0.25, -0.2) is 4.98 Å². The highest BCUT2D eigenvalue weighted by Crippen LogP contribution is 2.28. The van der Waals surface area contributed by atoms with Gasteiger partial charge in [0.25, 0.3) is 0 Å². The number of rotatable bonds is 3. The van der Waals surface area contributed by atoms with Gasteiger partial charge >= 0.3 is 0 Å². The van der Waals surface area contributed by atoms with Gasteiger partial charge in [-0.2, -0.15) is 0 Å². The maximum absolute atomic E-state index is 12.8. The van der Waals surface area contributed by atoms with Crippen LogP contribution < -0.4 is 5.32 Å². The summed E-state index contributed by atoms with van der Waals surface area (Å²) in [5.74, 6) is -0.123. The van der Waals surface area contributed by atoms with Crippen LogP contribution in [-0.2, 0) is 11.2 Å². The van der Waals surface area contributed by atoms with Crippen LogP contribution in [0, 0.1) is 6.92 Å². The fourth-order valence-corrected chi connectivity index (χ4v) is 3.75. The lowest BCUT2D eigenvalue weighted by Gasteiger charge is -2.12. The molecule has 26 heavy (non-hydrogen) atoms. The number of aromatic nitrogens is 1. The van der Waals surface area contributed by atoms with Crippen molar-refractivity contribution in [3.8, 4) is 0 Å². The molecule has 2 heterocycles. The van der Waals surface area contributed by atoms with Gasteiger partial charge in [0.15, 0.2) is 0 Å². The molecule has 1 amide bonds. The summed E-state index contributed by atoms with van der Waals surface area (Å²) in [5, 5.41) is 5.53. The van der Waals surface area contributed by atoms with Crippen molar-refractivity contribution in [2.45, 2.75) is 19.4 Å². The molecule has 0 bridgehead atoms. The molecule has 1 unspecified atom stereocenters. The number of hydrogen-bond acceptors (Lipinski definition) is 4. The number of thiazole rings is 1. The number of aryl methyl sites for hydroxylation is 1. The molecular formula is C20H16ClN3OS. The lowest BCUT2D eigenvalue weighted by molar-refractivity contribution is -0.117. The first-order chi connectivity index (χ1) is 12.6. The summed E-state index contributed by atoms with van der Waals surface area (Å²) in [6, 6.07) is 12.9. The normalized spacial score (nSPS) is 16.5. The highest BCUT2D eigenvalue weighted by molar-refractivity contribution is 7.07. The predicted molar refractivity (Wildman–Crippen MR) is 107 cm³/mol. The standard InChI is InChI=1S/C20H16ClN3OS/c1-12-4-2-3-5-13(12)8-17-20(25)24-16-7-6-14(21)9-15(16)19(23-17)18-10-26-11-22-18/h2-7,9-11,17H,8H2,1H3,(H,24,25). The fraction of sp³-hybridized carbons (Fsp3) is 0.150. The van der Waals surface area contributed by atoms with Gasteiger partial charge < -0.3 is 5.32 Å². The van der Waals surface area contributed by atoms with Crippen LogP contribution in [0.15, 0.2) is 58.3 Å². The summed E-state index contributed by atoms with van der Waals surface area (Å²) in [5.41, 5.74) is 6.97. The highest BCUT2D eigenvalue weighted by atomic mass is 35.5. The highest BCUT2D eigenvalue weighted by Gasteiger charge is 2.27. The average molecular weight is 382 g/mol. The van der Waals surface area contributed by atoms with Crippen LogP contribution in [0.5, 0.6) is 0 Å². The van der Waals surface area contributed by atoms with Crippen molar-refractivity contribution in [1.82, 2.24) is 4.98 Å². The summed E-state index contributed by atoms with van der Waals surface area (Å²) in [4.78, 5) is 22.0. The van der Waals surface area contributed by atoms with Gasteiger partial charge in [0.1, 0.15) is 6.04 Å². The number of hydrogen-bond donors (Lipinski definition) is 1. The Morgan fingerprint density at radius 1 is 1.23 bits per heavy atom. The Kier molecular flexibility index (Phi) is 4.57. The van der Waals surface area contributed by atoms with E-state index in [9.17, 15) is 4.79 Å². The topological polar surface area (TPSA) is 54.4 Å². The van der Waals surface area contributed by atoms with Gasteiger partial charge in [0.05, 0.1) is 22.6 Å². The van der Waals surface area contributed by atoms with Crippen molar-refractivity contribution >= 4 is 40.2 Å². The monoisotopic (exact) mass is 381 g/mol. The molecule has 1 aliphatic rings. The Bertz CT molecular complexity index is 998. The van der Waals surface area contributed by atoms with Crippen LogP contribution in [0.4, 0.5) is 5.69 Å². The molecule has 4 rings (SSSR count). The number of nitrogens with zero attached hydrogens (tertiary/aromatic N) is 2. The molecular weight excluding hydrogens is 366 g/mol. The molecule has 1 atom stereocenters. The van der Waals surface area contributed by atoms with Crippen LogP contribution in [0.2, 0.25) is 5.02 Å². The molecule has 4 nitrogen and oxygen atoms in total. The summed E-state index contributed by atoms with van der Waals surface area (Å²) >= 11 is 7.69. The lowest BCUT2D eigenvalue weighted by Crippen LogP contribution is -2.27. The van der Waals surface area contributed by atoms with E-state index < -0.39 is 6.04 Å². The second-order valence-electron chi connectivity index (χ2n) is 6.18. The van der Waals surface area contributed by atoms with Crippen LogP contribution in [0.25, 0.3) is 0 Å². The Morgan fingerprint density at radius 2 is 2.08 bits per heavy atom. The molecule has 0 saturated heterocycles. The van der Waals surface area contributed by atoms with E-state index in [4.69, 9.17) is 16.6 Å². The quantitative estimate of drug-likeness (QED) is 0.725. The van der Waals surface area contributed by atoms with Crippen molar-refractivity contribution in [3.05, 3.63) is 80.8 Å². The van der Waals surface area contributed by atoms with E-state index in [1.54, 1.807) is 11.6 Å². The van der Waals surface area contributed by atoms with Gasteiger partial charge in [-0.15, -0.1) is 11.3 Å². The van der Waals surface area contributed by atoms with Gasteiger partial charge in [-0.05, 0) is 36.2 Å². The molecule has 0 radical (unpaired) electrons. The molecule has 1 aromatic heterocycles. The van der Waals surface area contributed by atoms with Crippen LogP contribution in [-0.4, -0.2) is 22.6 Å². The zero-order valence-corrected chi connectivity index (χ0v) is 15.6. The first-order valence-electron chi connectivity index (χ1n) is 8.23. The van der Waals surface area contributed by atoms with E-state index in [0.717, 1.165) is 22.4 Å². The van der Waals surface area contributed by atoms with Crippen molar-refractivity contribution in [1.29, 1.82) is 0 Å². The molecule has 1 N–H and O–H groups in total. The molecule has 0 spiro atoms. The third-order valence-electron chi connectivity index (χ3n) is 4.43. The SMILES string of the molecule is Cc1ccccc1CC1N=C(c2cscn2)c2cc(Cl)ccc2NC1=O. The Hall–Kier alpha value is -2.50. The zero-order chi connectivity index (χ0) is 18.1. The predicted octanol–water partition coefficient (Wildman–Crippen LogP) is 4.51. The van der Waals surface area contributed by atoms with Crippen molar-refractivity contribution in [3.63, 3.8) is 0 Å². The average Bonchev–Trinajstić information content (AvgIpc) is 3.12. The number of benzodiazepines with no additional fused rings is 1. The van der Waals surface area contributed by atoms with Crippen molar-refractivity contribution < 1.29 is 4.79 Å². The summed E-state index contributed by atoms with van der Waals surface area (Å²) < 4.78 is 0. The van der Waals surface area contributed by atoms with E-state index in [2.05, 4.69) is 10.3 Å². The van der Waals surface area contributed by atoms with Crippen LogP contribution in [0.1, 0.15) is 22.4 Å². The third-order valence-corrected chi connectivity index (χ3v) is 5.25. The van der Waals surface area contributed by atoms with Gasteiger partial charge in [0, 0.05) is 22.4 Å². The molecule has 6 heteroatoms. The second kappa shape index (κ2) is 7.02. The fourth-order valence-electron chi connectivity index (χ4n) is 3.04. The minimum Gasteiger partial charge on any atom is -0.324 e. The first-order valence-corrected chi connectivity index (χ1v) is 9.55. The number of anilines is 1. The number of amides is 1. The van der Waals surface area contributed by atoms with Gasteiger partial charge in [-0.3, -0.25) is 9.79 Å². The lowest BCUT2D eigenvalue weighted by atomic mass is 10.0. The number of aliphatic imine (C=N–C) groups is 1. The van der Waals surface area contributed by atoms with Crippen molar-refractivity contribution in [2.24, 2.45) is 4.99 Å². The second-order valence-corrected chi connectivity index (χ2v) is 7.33. The van der Waals surface area contributed by atoms with Crippen LogP contribution >= 0.6 is 22.9 Å². The Labute approximate surface area is 160 Å². The van der Waals surface area contributed by atoms with E-state index in [1.807, 2.05) is 48.7 Å². The van der Waals surface area contributed by atoms with E-state index >= 15 is 0 Å². The number of benzene rings is 2. The number of carbonyl (C=O) groups excluding carboxylic acids is 1. The summed E-state index contributed by atoms with van der Waals surface area (Å²) in [7, 11) is 0. The number of fused-ring (bicyclic) bond motifs is 1. The molecule has 3 aromatic rings. The third kappa shape index (κ3) is 3.28. The molecule has 0 aliphatic carbocycles. The van der Waals surface area contributed by atoms with E-state index in [-0.39, 0.29) is 5.91 Å². The number of nitrogens with one attached hydrogen (secondary N) is 1. The van der Waals surface area contributed by atoms with Gasteiger partial charge in [-0.1, -0.05) is 35.9 Å². The summed E-state index contributed by atoms with van der Waals surface area (Å²) in [6.07, 6.45) is 0.536. The smallest absolute Gasteiger partial charge is 0.249 e. The minimum atomic E-state index is -0.529. The Morgan fingerprint density at radius 3 is 2.85 bits per heavy atom. The molecule has 2 aromatic carbocycles. The first kappa shape index (κ1) is 16.9. The van der Waals surface area contributed by atoms with E-state index in [0.29, 0.717) is 22.8 Å². The molecule has 0 fully saturated rings.